The van der Waals surface area contributed by atoms with Crippen LogP contribution in [0, 0.1) is 21.4 Å². The lowest BCUT2D eigenvalue weighted by molar-refractivity contribution is -0.387. The maximum Gasteiger partial charge on any atom is 0.404 e. The summed E-state index contributed by atoms with van der Waals surface area (Å²) in [5.41, 5.74) is -1.14. The number of nitrogens with zero attached hydrogens (tertiary/aromatic N) is 2. The minimum atomic E-state index is -4.09. The number of hydrogen-bond donors (Lipinski definition) is 2. The van der Waals surface area contributed by atoms with Crippen molar-refractivity contribution in [1.82, 2.24) is 9.62 Å². The van der Waals surface area contributed by atoms with Gasteiger partial charge in [0, 0.05) is 25.7 Å². The van der Waals surface area contributed by atoms with Gasteiger partial charge in [-0.1, -0.05) is 26.0 Å². The number of carboxylic acid groups (broad SMARTS) is 1. The lowest BCUT2D eigenvalue weighted by Crippen LogP contribution is -2.45. The second-order valence-corrected chi connectivity index (χ2v) is 9.20. The molecule has 0 radical (unpaired) electrons. The van der Waals surface area contributed by atoms with Crippen LogP contribution in [0.25, 0.3) is 0 Å². The highest BCUT2D eigenvalue weighted by Crippen LogP contribution is 2.35. The van der Waals surface area contributed by atoms with Crippen LogP contribution in [-0.4, -0.2) is 48.5 Å². The van der Waals surface area contributed by atoms with Crippen LogP contribution in [0.4, 0.5) is 10.5 Å². The monoisotopic (exact) mass is 385 g/mol. The normalized spacial score (nSPS) is 15.0. The zero-order valence-corrected chi connectivity index (χ0v) is 15.5. The average Bonchev–Trinajstić information content (AvgIpc) is 3.36. The smallest absolute Gasteiger partial charge is 0.404 e. The number of sulfonamides is 1. The van der Waals surface area contributed by atoms with E-state index in [4.69, 9.17) is 5.11 Å². The molecule has 144 valence electrons. The van der Waals surface area contributed by atoms with E-state index in [9.17, 15) is 23.3 Å². The fourth-order valence-electron chi connectivity index (χ4n) is 2.65. The Hall–Kier alpha value is -2.20. The molecule has 1 fully saturated rings. The summed E-state index contributed by atoms with van der Waals surface area (Å²) in [7, 11) is -4.09. The quantitative estimate of drug-likeness (QED) is 0.495. The van der Waals surface area contributed by atoms with Gasteiger partial charge in [-0.3, -0.25) is 10.1 Å². The second-order valence-electron chi connectivity index (χ2n) is 7.29. The van der Waals surface area contributed by atoms with Gasteiger partial charge in [0.1, 0.15) is 0 Å². The van der Waals surface area contributed by atoms with Gasteiger partial charge < -0.3 is 10.4 Å². The highest BCUT2D eigenvalue weighted by molar-refractivity contribution is 7.89. The molecule has 1 aromatic carbocycles. The van der Waals surface area contributed by atoms with Crippen molar-refractivity contribution in [3.63, 3.8) is 0 Å². The largest absolute Gasteiger partial charge is 0.465 e. The molecule has 1 aromatic rings. The molecule has 0 atom stereocenters. The van der Waals surface area contributed by atoms with E-state index in [2.05, 4.69) is 5.32 Å². The van der Waals surface area contributed by atoms with E-state index in [-0.39, 0.29) is 30.4 Å². The van der Waals surface area contributed by atoms with Crippen LogP contribution in [0.5, 0.6) is 0 Å². The minimum absolute atomic E-state index is 0.0537. The standard InChI is InChI=1S/C16H23N3O6S/c1-16(2,10-17-15(20)21)11-18(9-12-7-8-12)26(24,25)14-6-4-3-5-13(14)19(22)23/h3-6,12,17H,7-11H2,1-2H3,(H,20,21). The first-order valence-electron chi connectivity index (χ1n) is 8.23. The lowest BCUT2D eigenvalue weighted by Gasteiger charge is -2.32. The summed E-state index contributed by atoms with van der Waals surface area (Å²) in [4.78, 5) is 20.9. The summed E-state index contributed by atoms with van der Waals surface area (Å²) in [6.07, 6.45) is 0.640. The molecule has 0 bridgehead atoms. The van der Waals surface area contributed by atoms with Crippen molar-refractivity contribution in [2.45, 2.75) is 31.6 Å². The Morgan fingerprint density at radius 1 is 1.38 bits per heavy atom. The van der Waals surface area contributed by atoms with Crippen molar-refractivity contribution >= 4 is 21.8 Å². The van der Waals surface area contributed by atoms with Gasteiger partial charge >= 0.3 is 6.09 Å². The van der Waals surface area contributed by atoms with E-state index in [0.717, 1.165) is 12.8 Å². The van der Waals surface area contributed by atoms with Crippen molar-refractivity contribution in [1.29, 1.82) is 0 Å². The number of nitro benzene ring substituents is 1. The zero-order valence-electron chi connectivity index (χ0n) is 14.7. The molecule has 2 N–H and O–H groups in total. The summed E-state index contributed by atoms with van der Waals surface area (Å²) >= 11 is 0. The second kappa shape index (κ2) is 7.58. The molecule has 10 heteroatoms. The van der Waals surface area contributed by atoms with Crippen LogP contribution in [0.2, 0.25) is 0 Å². The van der Waals surface area contributed by atoms with E-state index < -0.39 is 32.1 Å². The molecular weight excluding hydrogens is 362 g/mol. The highest BCUT2D eigenvalue weighted by atomic mass is 32.2. The van der Waals surface area contributed by atoms with Crippen molar-refractivity contribution < 1.29 is 23.2 Å². The third kappa shape index (κ3) is 5.15. The summed E-state index contributed by atoms with van der Waals surface area (Å²) in [6.45, 7) is 3.88. The van der Waals surface area contributed by atoms with Crippen molar-refractivity contribution in [2.75, 3.05) is 19.6 Å². The molecule has 0 heterocycles. The lowest BCUT2D eigenvalue weighted by atomic mass is 9.93. The predicted octanol–water partition coefficient (Wildman–Crippen LogP) is 2.29. The van der Waals surface area contributed by atoms with Gasteiger partial charge in [-0.05, 0) is 30.2 Å². The molecule has 1 aliphatic rings. The van der Waals surface area contributed by atoms with Crippen LogP contribution in [0.1, 0.15) is 26.7 Å². The summed E-state index contributed by atoms with van der Waals surface area (Å²) in [6, 6.07) is 5.27. The number of benzene rings is 1. The van der Waals surface area contributed by atoms with Crippen LogP contribution >= 0.6 is 0 Å². The van der Waals surface area contributed by atoms with Gasteiger partial charge in [0.2, 0.25) is 10.0 Å². The van der Waals surface area contributed by atoms with Gasteiger partial charge in [-0.25, -0.2) is 13.2 Å². The summed E-state index contributed by atoms with van der Waals surface area (Å²) in [5, 5.41) is 22.3. The third-order valence-electron chi connectivity index (χ3n) is 4.16. The maximum atomic E-state index is 13.1. The third-order valence-corrected chi connectivity index (χ3v) is 6.02. The average molecular weight is 385 g/mol. The molecule has 1 amide bonds. The summed E-state index contributed by atoms with van der Waals surface area (Å²) < 4.78 is 27.5. The van der Waals surface area contributed by atoms with Gasteiger partial charge in [0.15, 0.2) is 4.90 Å². The maximum absolute atomic E-state index is 13.1. The van der Waals surface area contributed by atoms with Crippen LogP contribution < -0.4 is 5.32 Å². The van der Waals surface area contributed by atoms with E-state index >= 15 is 0 Å². The molecule has 0 aliphatic heterocycles. The Labute approximate surface area is 152 Å². The minimum Gasteiger partial charge on any atom is -0.465 e. The fraction of sp³-hybridized carbons (Fsp3) is 0.562. The predicted molar refractivity (Wildman–Crippen MR) is 94.4 cm³/mol. The number of para-hydroxylation sites is 1. The van der Waals surface area contributed by atoms with E-state index in [1.54, 1.807) is 13.8 Å². The van der Waals surface area contributed by atoms with Crippen molar-refractivity contribution in [2.24, 2.45) is 11.3 Å². The van der Waals surface area contributed by atoms with Gasteiger partial charge in [0.25, 0.3) is 5.69 Å². The Morgan fingerprint density at radius 3 is 2.54 bits per heavy atom. The Kier molecular flexibility index (Phi) is 5.87. The number of nitrogens with one attached hydrogen (secondary N) is 1. The number of rotatable bonds is 9. The van der Waals surface area contributed by atoms with Crippen LogP contribution in [0.3, 0.4) is 0 Å². The molecule has 1 saturated carbocycles. The molecule has 0 spiro atoms. The number of carbonyl (C=O) groups is 1. The SMILES string of the molecule is CC(C)(CNC(=O)O)CN(CC1CC1)S(=O)(=O)c1ccccc1[N+](=O)[O-]. The molecule has 0 unspecified atom stereocenters. The van der Waals surface area contributed by atoms with Crippen molar-refractivity contribution in [3.05, 3.63) is 34.4 Å². The Bertz CT molecular complexity index is 789. The first kappa shape index (κ1) is 20.1. The Morgan fingerprint density at radius 2 is 2.00 bits per heavy atom. The molecule has 9 nitrogen and oxygen atoms in total. The first-order valence-corrected chi connectivity index (χ1v) is 9.67. The van der Waals surface area contributed by atoms with E-state index in [1.807, 2.05) is 0 Å². The van der Waals surface area contributed by atoms with E-state index in [1.165, 1.54) is 28.6 Å². The van der Waals surface area contributed by atoms with Gasteiger partial charge in [-0.2, -0.15) is 4.31 Å². The van der Waals surface area contributed by atoms with E-state index in [0.29, 0.717) is 0 Å². The first-order chi connectivity index (χ1) is 12.0. The number of amides is 1. The summed E-state index contributed by atoms with van der Waals surface area (Å²) in [5.74, 6) is 0.232. The Balaban J connectivity index is 2.33. The molecule has 2 rings (SSSR count). The number of nitro groups is 1. The highest BCUT2D eigenvalue weighted by Gasteiger charge is 2.38. The van der Waals surface area contributed by atoms with Gasteiger partial charge in [-0.15, -0.1) is 0 Å². The fourth-order valence-corrected chi connectivity index (χ4v) is 4.51. The van der Waals surface area contributed by atoms with Crippen LogP contribution in [-0.2, 0) is 10.0 Å². The van der Waals surface area contributed by atoms with Crippen LogP contribution in [0.15, 0.2) is 29.2 Å². The molecule has 0 aromatic heterocycles. The zero-order chi connectivity index (χ0) is 19.5. The molecule has 26 heavy (non-hydrogen) atoms. The topological polar surface area (TPSA) is 130 Å². The number of hydrogen-bond acceptors (Lipinski definition) is 5. The molecule has 0 saturated heterocycles. The molecular formula is C16H23N3O6S. The van der Waals surface area contributed by atoms with Crippen molar-refractivity contribution in [3.8, 4) is 0 Å². The van der Waals surface area contributed by atoms with Gasteiger partial charge in [0.05, 0.1) is 4.92 Å². The molecule has 1 aliphatic carbocycles.